The molecule has 0 fully saturated rings. The van der Waals surface area contributed by atoms with Crippen molar-refractivity contribution in [3.05, 3.63) is 59.9 Å². The van der Waals surface area contributed by atoms with Crippen molar-refractivity contribution in [1.29, 1.82) is 0 Å². The van der Waals surface area contributed by atoms with Crippen LogP contribution in [-0.4, -0.2) is 51.1 Å². The normalized spacial score (nSPS) is 12.4. The molecule has 4 aromatic carbocycles. The lowest BCUT2D eigenvalue weighted by atomic mass is 10.1. The van der Waals surface area contributed by atoms with Gasteiger partial charge in [-0.1, -0.05) is 24.3 Å². The number of azo groups is 1. The van der Waals surface area contributed by atoms with E-state index >= 15 is 0 Å². The van der Waals surface area contributed by atoms with Gasteiger partial charge in [0, 0.05) is 10.8 Å². The summed E-state index contributed by atoms with van der Waals surface area (Å²) in [6, 6.07) is 11.5. The second kappa shape index (κ2) is 10.1. The van der Waals surface area contributed by atoms with Crippen molar-refractivity contribution < 1.29 is 36.2 Å². The van der Waals surface area contributed by atoms with Gasteiger partial charge in [-0.25, -0.2) is 0 Å². The van der Waals surface area contributed by atoms with E-state index in [-0.39, 0.29) is 50.4 Å². The van der Waals surface area contributed by atoms with Gasteiger partial charge in [0.05, 0.1) is 10.6 Å². The molecule has 0 aliphatic rings. The van der Waals surface area contributed by atoms with Crippen molar-refractivity contribution in [3.63, 3.8) is 0 Å². The molecule has 18 heteroatoms. The molecule has 0 saturated carbocycles. The highest BCUT2D eigenvalue weighted by Crippen LogP contribution is 2.43. The van der Waals surface area contributed by atoms with E-state index in [4.69, 9.17) is 17.3 Å². The van der Waals surface area contributed by atoms with Gasteiger partial charge in [0.15, 0.2) is 11.5 Å². The summed E-state index contributed by atoms with van der Waals surface area (Å²) in [7, 11) is -9.37. The number of rotatable bonds is 6. The highest BCUT2D eigenvalue weighted by Gasteiger charge is 2.20. The van der Waals surface area contributed by atoms with Gasteiger partial charge in [-0.15, -0.1) is 10.2 Å². The minimum atomic E-state index is -4.69. The summed E-state index contributed by atoms with van der Waals surface area (Å²) in [6.07, 6.45) is 0. The molecule has 0 atom stereocenters. The van der Waals surface area contributed by atoms with Crippen molar-refractivity contribution in [2.75, 3.05) is 11.1 Å². The summed E-state index contributed by atoms with van der Waals surface area (Å²) in [5.41, 5.74) is 5.14. The van der Waals surface area contributed by atoms with Gasteiger partial charge in [-0.05, 0) is 52.7 Å². The smallest absolute Gasteiger partial charge is 0.295 e. The van der Waals surface area contributed by atoms with Crippen LogP contribution >= 0.6 is 11.6 Å². The Bertz CT molecular complexity index is 2120. The first-order valence-electron chi connectivity index (χ1n) is 11.1. The molecule has 0 aliphatic carbocycles. The third-order valence-electron chi connectivity index (χ3n) is 5.71. The number of nitrogens with two attached hydrogens (primary N) is 1. The number of fused-ring (bicyclic) bond motifs is 2. The fourth-order valence-electron chi connectivity index (χ4n) is 4.00. The van der Waals surface area contributed by atoms with Gasteiger partial charge >= 0.3 is 0 Å². The molecular formula is C23H16ClN7O8S2. The van der Waals surface area contributed by atoms with Crippen LogP contribution in [0.4, 0.5) is 29.0 Å². The fraction of sp³-hybridized carbons (Fsp3) is 0. The molecule has 0 unspecified atom stereocenters. The van der Waals surface area contributed by atoms with Gasteiger partial charge in [-0.2, -0.15) is 31.8 Å². The molecule has 0 amide bonds. The Morgan fingerprint density at radius 3 is 2.02 bits per heavy atom. The van der Waals surface area contributed by atoms with E-state index in [1.807, 2.05) is 0 Å². The number of nitrogens with zero attached hydrogens (tertiary/aromatic N) is 5. The van der Waals surface area contributed by atoms with Crippen LogP contribution < -0.4 is 11.1 Å². The number of halogens is 1. The number of hydrogen-bond donors (Lipinski definition) is 6. The van der Waals surface area contributed by atoms with E-state index in [1.165, 1.54) is 36.4 Å². The molecule has 5 aromatic rings. The molecular weight excluding hydrogens is 602 g/mol. The van der Waals surface area contributed by atoms with E-state index < -0.39 is 41.5 Å². The minimum absolute atomic E-state index is 0.000324. The van der Waals surface area contributed by atoms with Crippen molar-refractivity contribution >= 4 is 82.3 Å². The monoisotopic (exact) mass is 617 g/mol. The average molecular weight is 618 g/mol. The van der Waals surface area contributed by atoms with Gasteiger partial charge < -0.3 is 21.3 Å². The molecule has 0 bridgehead atoms. The van der Waals surface area contributed by atoms with Crippen LogP contribution in [0, 0.1) is 0 Å². The number of benzene rings is 4. The maximum atomic E-state index is 11.9. The highest BCUT2D eigenvalue weighted by atomic mass is 35.5. The Kier molecular flexibility index (Phi) is 6.84. The van der Waals surface area contributed by atoms with Crippen LogP contribution in [0.5, 0.6) is 11.5 Å². The van der Waals surface area contributed by atoms with Crippen LogP contribution in [0.3, 0.4) is 0 Å². The fourth-order valence-corrected chi connectivity index (χ4v) is 5.43. The molecule has 0 aliphatic heterocycles. The zero-order valence-corrected chi connectivity index (χ0v) is 22.5. The van der Waals surface area contributed by atoms with Crippen molar-refractivity contribution in [3.8, 4) is 11.5 Å². The predicted octanol–water partition coefficient (Wildman–Crippen LogP) is 4.48. The molecule has 15 nitrogen and oxygen atoms in total. The number of aromatic nitrogens is 3. The first-order chi connectivity index (χ1) is 19.2. The number of phenols is 2. The number of hydrogen-bond acceptors (Lipinski definition) is 13. The topological polar surface area (TPSA) is 251 Å². The zero-order valence-electron chi connectivity index (χ0n) is 20.1. The second-order valence-electron chi connectivity index (χ2n) is 8.35. The van der Waals surface area contributed by atoms with Crippen LogP contribution in [0.25, 0.3) is 21.5 Å². The molecule has 5 rings (SSSR count). The number of aromatic hydroxyl groups is 2. The summed E-state index contributed by atoms with van der Waals surface area (Å²) in [6.45, 7) is 0. The summed E-state index contributed by atoms with van der Waals surface area (Å²) < 4.78 is 66.6. The van der Waals surface area contributed by atoms with Crippen LogP contribution in [-0.2, 0) is 20.2 Å². The Hall–Kier alpha value is -4.68. The van der Waals surface area contributed by atoms with Crippen LogP contribution in [0.1, 0.15) is 0 Å². The number of nitrogens with one attached hydrogen (secondary N) is 1. The molecule has 0 saturated heterocycles. The molecule has 41 heavy (non-hydrogen) atoms. The van der Waals surface area contributed by atoms with Gasteiger partial charge in [0.1, 0.15) is 16.3 Å². The lowest BCUT2D eigenvalue weighted by molar-refractivity contribution is 0.474. The number of phenolic OH excluding ortho intramolecular Hbond substituents is 2. The Morgan fingerprint density at radius 1 is 0.780 bits per heavy atom. The molecule has 210 valence electrons. The van der Waals surface area contributed by atoms with Crippen LogP contribution in [0.2, 0.25) is 5.28 Å². The van der Waals surface area contributed by atoms with Crippen molar-refractivity contribution in [2.45, 2.75) is 9.79 Å². The quantitative estimate of drug-likeness (QED) is 0.114. The SMILES string of the molecule is Nc1nc(Cl)nc(Nc2cc(S(=O)(=O)O)cc3ccc(/N=N/c4ccc5cccc(S(=O)(=O)O)c5c4O)c(O)c23)n1. The molecule has 1 heterocycles. The first-order valence-corrected chi connectivity index (χ1v) is 14.3. The summed E-state index contributed by atoms with van der Waals surface area (Å²) in [4.78, 5) is 10.3. The van der Waals surface area contributed by atoms with E-state index in [2.05, 4.69) is 30.5 Å². The van der Waals surface area contributed by atoms with E-state index in [1.54, 1.807) is 0 Å². The van der Waals surface area contributed by atoms with Gasteiger partial charge in [0.25, 0.3) is 20.2 Å². The lowest BCUT2D eigenvalue weighted by Crippen LogP contribution is -2.05. The summed E-state index contributed by atoms with van der Waals surface area (Å²) in [5.74, 6) is -1.57. The molecule has 0 radical (unpaired) electrons. The summed E-state index contributed by atoms with van der Waals surface area (Å²) >= 11 is 5.82. The van der Waals surface area contributed by atoms with Crippen molar-refractivity contribution in [2.24, 2.45) is 10.2 Å². The highest BCUT2D eigenvalue weighted by molar-refractivity contribution is 7.86. The van der Waals surface area contributed by atoms with Gasteiger partial charge in [-0.3, -0.25) is 9.11 Å². The minimum Gasteiger partial charge on any atom is -0.505 e. The maximum Gasteiger partial charge on any atom is 0.295 e. The Morgan fingerprint density at radius 2 is 1.41 bits per heavy atom. The Labute approximate surface area is 235 Å². The number of anilines is 3. The molecule has 7 N–H and O–H groups in total. The second-order valence-corrected chi connectivity index (χ2v) is 11.5. The third kappa shape index (κ3) is 5.52. The van der Waals surface area contributed by atoms with E-state index in [9.17, 15) is 36.2 Å². The van der Waals surface area contributed by atoms with Crippen molar-refractivity contribution in [1.82, 2.24) is 15.0 Å². The molecule has 0 spiro atoms. The number of nitrogen functional groups attached to an aromatic ring is 1. The third-order valence-corrected chi connectivity index (χ3v) is 7.61. The standard InChI is InChI=1S/C23H16ClN7O8S2/c24-21-27-22(25)29-23(28-21)26-15-9-12(40(34,35)36)8-11-5-7-13(19(32)17(11)15)30-31-14-6-4-10-2-1-3-16(41(37,38)39)18(10)20(14)33/h1-9,32-33H,(H,34,35,36)(H,37,38,39)(H3,25,26,27,28,29)/b31-30+. The zero-order chi connectivity index (χ0) is 29.7. The van der Waals surface area contributed by atoms with Gasteiger partial charge in [0.2, 0.25) is 17.2 Å². The first kappa shape index (κ1) is 27.9. The Balaban J connectivity index is 1.66. The molecule has 1 aromatic heterocycles. The predicted molar refractivity (Wildman–Crippen MR) is 148 cm³/mol. The summed E-state index contributed by atoms with van der Waals surface area (Å²) in [5, 5.41) is 32.4. The van der Waals surface area contributed by atoms with Crippen LogP contribution in [0.15, 0.2) is 74.6 Å². The largest absolute Gasteiger partial charge is 0.505 e. The van der Waals surface area contributed by atoms with E-state index in [0.717, 1.165) is 18.2 Å². The maximum absolute atomic E-state index is 11.9. The average Bonchev–Trinajstić information content (AvgIpc) is 2.87. The lowest BCUT2D eigenvalue weighted by Gasteiger charge is -2.13. The van der Waals surface area contributed by atoms with E-state index in [0.29, 0.717) is 5.39 Å².